The molecule has 0 bridgehead atoms. The van der Waals surface area contributed by atoms with E-state index in [1.807, 2.05) is 146 Å². The largest absolute Gasteiger partial charge is 0.224 e. The number of rotatable bonds is 6. The predicted molar refractivity (Wildman–Crippen MR) is 166 cm³/mol. The monoisotopic (exact) mass is 540 g/mol. The lowest BCUT2D eigenvalue weighted by molar-refractivity contribution is 0.988. The van der Waals surface area contributed by atoms with Gasteiger partial charge in [0, 0.05) is 33.4 Å². The molecule has 2 aromatic heterocycles. The van der Waals surface area contributed by atoms with Crippen molar-refractivity contribution in [3.63, 3.8) is 0 Å². The van der Waals surface area contributed by atoms with E-state index in [0.717, 1.165) is 56.2 Å². The Bertz CT molecular complexity index is 1800. The fourth-order valence-corrected chi connectivity index (χ4v) is 4.84. The van der Waals surface area contributed by atoms with Gasteiger partial charge in [-0.1, -0.05) is 146 Å². The van der Waals surface area contributed by atoms with Gasteiger partial charge in [0.1, 0.15) is 22.8 Å². The number of hydrogen-bond acceptors (Lipinski definition) is 6. The zero-order valence-electron chi connectivity index (χ0n) is 22.5. The lowest BCUT2D eigenvalue weighted by Crippen LogP contribution is -2.01. The van der Waals surface area contributed by atoms with Gasteiger partial charge in [0.2, 0.25) is 0 Å². The van der Waals surface area contributed by atoms with E-state index < -0.39 is 0 Å². The molecule has 0 aliphatic carbocycles. The Morgan fingerprint density at radius 3 is 0.833 bits per heavy atom. The first kappa shape index (κ1) is 25.1. The van der Waals surface area contributed by atoms with Crippen LogP contribution in [0.25, 0.3) is 67.8 Å². The predicted octanol–water partition coefficient (Wildman–Crippen LogP) is 8.06. The van der Waals surface area contributed by atoms with E-state index in [0.29, 0.717) is 11.6 Å². The molecule has 0 aliphatic heterocycles. The minimum atomic E-state index is 0.545. The Kier molecular flexibility index (Phi) is 6.76. The molecule has 0 aliphatic rings. The standard InChI is InChI=1S/C36H24N6/c1-5-13-25(14-6-1)31-33(27-17-9-3-10-18-27)39-41-35(37-31)29-21-23-30(24-22-29)36-38-32(26-15-7-2-8-16-26)34(40-42-36)28-19-11-4-12-20-28/h1-24H. The first-order chi connectivity index (χ1) is 20.8. The smallest absolute Gasteiger partial charge is 0.182 e. The highest BCUT2D eigenvalue weighted by Gasteiger charge is 2.17. The first-order valence-corrected chi connectivity index (χ1v) is 13.7. The van der Waals surface area contributed by atoms with Crippen LogP contribution < -0.4 is 0 Å². The van der Waals surface area contributed by atoms with Crippen LogP contribution in [0.1, 0.15) is 0 Å². The minimum Gasteiger partial charge on any atom is -0.224 e. The number of hydrogen-bond donors (Lipinski definition) is 0. The first-order valence-electron chi connectivity index (χ1n) is 13.7. The molecule has 0 radical (unpaired) electrons. The van der Waals surface area contributed by atoms with Gasteiger partial charge in [-0.15, -0.1) is 20.4 Å². The number of aromatic nitrogens is 6. The topological polar surface area (TPSA) is 77.3 Å². The van der Waals surface area contributed by atoms with Crippen molar-refractivity contribution in [3.05, 3.63) is 146 Å². The van der Waals surface area contributed by atoms with E-state index in [-0.39, 0.29) is 0 Å². The number of benzene rings is 5. The summed E-state index contributed by atoms with van der Waals surface area (Å²) in [7, 11) is 0. The highest BCUT2D eigenvalue weighted by molar-refractivity contribution is 5.80. The van der Waals surface area contributed by atoms with Crippen molar-refractivity contribution < 1.29 is 0 Å². The Morgan fingerprint density at radius 2 is 0.524 bits per heavy atom. The maximum Gasteiger partial charge on any atom is 0.182 e. The maximum absolute atomic E-state index is 4.97. The minimum absolute atomic E-state index is 0.545. The highest BCUT2D eigenvalue weighted by atomic mass is 15.2. The van der Waals surface area contributed by atoms with Gasteiger partial charge in [0.05, 0.1) is 0 Å². The molecule has 0 fully saturated rings. The summed E-state index contributed by atoms with van der Waals surface area (Å²) in [6.07, 6.45) is 0. The van der Waals surface area contributed by atoms with E-state index in [1.54, 1.807) is 0 Å². The molecule has 5 aromatic carbocycles. The molecule has 0 amide bonds. The third kappa shape index (κ3) is 5.05. The molecule has 0 saturated carbocycles. The molecule has 2 heterocycles. The van der Waals surface area contributed by atoms with Crippen LogP contribution in [-0.2, 0) is 0 Å². The quantitative estimate of drug-likeness (QED) is 0.212. The molecule has 6 heteroatoms. The van der Waals surface area contributed by atoms with Crippen molar-refractivity contribution in [2.24, 2.45) is 0 Å². The zero-order chi connectivity index (χ0) is 28.1. The van der Waals surface area contributed by atoms with Crippen molar-refractivity contribution in [1.82, 2.24) is 30.4 Å². The normalized spacial score (nSPS) is 10.9. The second-order valence-corrected chi connectivity index (χ2v) is 9.71. The summed E-state index contributed by atoms with van der Waals surface area (Å²) in [5, 5.41) is 18.3. The molecule has 198 valence electrons. The van der Waals surface area contributed by atoms with Crippen LogP contribution in [0.3, 0.4) is 0 Å². The van der Waals surface area contributed by atoms with Crippen molar-refractivity contribution >= 4 is 0 Å². The fourth-order valence-electron chi connectivity index (χ4n) is 4.84. The second-order valence-electron chi connectivity index (χ2n) is 9.71. The van der Waals surface area contributed by atoms with Crippen molar-refractivity contribution in [2.45, 2.75) is 0 Å². The van der Waals surface area contributed by atoms with Crippen LogP contribution in [0.5, 0.6) is 0 Å². The summed E-state index contributed by atoms with van der Waals surface area (Å²) < 4.78 is 0. The molecule has 0 saturated heterocycles. The zero-order valence-corrected chi connectivity index (χ0v) is 22.5. The Hall–Kier alpha value is -5.88. The van der Waals surface area contributed by atoms with Crippen molar-refractivity contribution in [3.8, 4) is 67.8 Å². The van der Waals surface area contributed by atoms with Gasteiger partial charge in [-0.05, 0) is 0 Å². The molecule has 0 spiro atoms. The highest BCUT2D eigenvalue weighted by Crippen LogP contribution is 2.32. The summed E-state index contributed by atoms with van der Waals surface area (Å²) in [5.74, 6) is 1.09. The lowest BCUT2D eigenvalue weighted by Gasteiger charge is -2.11. The molecule has 0 N–H and O–H groups in total. The van der Waals surface area contributed by atoms with Crippen LogP contribution >= 0.6 is 0 Å². The third-order valence-corrected chi connectivity index (χ3v) is 6.96. The van der Waals surface area contributed by atoms with Gasteiger partial charge >= 0.3 is 0 Å². The van der Waals surface area contributed by atoms with Gasteiger partial charge in [0.25, 0.3) is 0 Å². The number of nitrogens with zero attached hydrogens (tertiary/aromatic N) is 6. The fraction of sp³-hybridized carbons (Fsp3) is 0. The molecule has 42 heavy (non-hydrogen) atoms. The van der Waals surface area contributed by atoms with Crippen molar-refractivity contribution in [1.29, 1.82) is 0 Å². The second kappa shape index (κ2) is 11.3. The van der Waals surface area contributed by atoms with E-state index in [1.165, 1.54) is 0 Å². The summed E-state index contributed by atoms with van der Waals surface area (Å²) in [6.45, 7) is 0. The third-order valence-electron chi connectivity index (χ3n) is 6.96. The molecule has 0 atom stereocenters. The summed E-state index contributed by atoms with van der Waals surface area (Å²) in [6, 6.07) is 48.1. The van der Waals surface area contributed by atoms with Gasteiger partial charge in [-0.25, -0.2) is 9.97 Å². The average Bonchev–Trinajstić information content (AvgIpc) is 3.09. The Morgan fingerprint density at radius 1 is 0.238 bits per heavy atom. The maximum atomic E-state index is 4.97. The van der Waals surface area contributed by atoms with Gasteiger partial charge < -0.3 is 0 Å². The van der Waals surface area contributed by atoms with E-state index in [9.17, 15) is 0 Å². The molecule has 6 nitrogen and oxygen atoms in total. The van der Waals surface area contributed by atoms with Gasteiger partial charge in [-0.3, -0.25) is 0 Å². The molecule has 7 rings (SSSR count). The molecular formula is C36H24N6. The molecule has 0 unspecified atom stereocenters. The van der Waals surface area contributed by atoms with Gasteiger partial charge in [0.15, 0.2) is 11.6 Å². The van der Waals surface area contributed by atoms with Crippen LogP contribution in [0.15, 0.2) is 146 Å². The molecular weight excluding hydrogens is 516 g/mol. The lowest BCUT2D eigenvalue weighted by atomic mass is 10.0. The van der Waals surface area contributed by atoms with Crippen LogP contribution in [0, 0.1) is 0 Å². The van der Waals surface area contributed by atoms with Crippen molar-refractivity contribution in [2.75, 3.05) is 0 Å². The van der Waals surface area contributed by atoms with Crippen LogP contribution in [0.2, 0.25) is 0 Å². The van der Waals surface area contributed by atoms with E-state index in [4.69, 9.17) is 9.97 Å². The summed E-state index contributed by atoms with van der Waals surface area (Å²) in [5.41, 5.74) is 8.65. The average molecular weight is 541 g/mol. The SMILES string of the molecule is c1ccc(-c2nnc(-c3ccc(-c4nnc(-c5ccccc5)c(-c5ccccc5)n4)cc3)nc2-c2ccccc2)cc1. The van der Waals surface area contributed by atoms with E-state index >= 15 is 0 Å². The summed E-state index contributed by atoms with van der Waals surface area (Å²) in [4.78, 5) is 9.95. The summed E-state index contributed by atoms with van der Waals surface area (Å²) >= 11 is 0. The van der Waals surface area contributed by atoms with Crippen LogP contribution in [0.4, 0.5) is 0 Å². The van der Waals surface area contributed by atoms with Gasteiger partial charge in [-0.2, -0.15) is 0 Å². The van der Waals surface area contributed by atoms with Crippen LogP contribution in [-0.4, -0.2) is 30.4 Å². The van der Waals surface area contributed by atoms with E-state index in [2.05, 4.69) is 20.4 Å². The Labute approximate surface area is 243 Å². The molecule has 7 aromatic rings. The Balaban J connectivity index is 1.27.